The lowest BCUT2D eigenvalue weighted by atomic mass is 9.80. The number of hydrogen-bond donors (Lipinski definition) is 1. The normalized spacial score (nSPS) is 23.2. The molecule has 0 aliphatic carbocycles. The SMILES string of the molecule is Cc1ccc2nccc(C(=O)N3CCC4(CC3)C[C@H](O)C[C@H](c3ccccc3)O4)c2c1. The van der Waals surface area contributed by atoms with Gasteiger partial charge in [0, 0.05) is 37.5 Å². The summed E-state index contributed by atoms with van der Waals surface area (Å²) in [7, 11) is 0. The number of aliphatic hydroxyl groups excluding tert-OH is 1. The van der Waals surface area contributed by atoms with Gasteiger partial charge in [0.05, 0.1) is 28.9 Å². The zero-order chi connectivity index (χ0) is 21.4. The highest BCUT2D eigenvalue weighted by Crippen LogP contribution is 2.43. The predicted molar refractivity (Wildman–Crippen MR) is 120 cm³/mol. The van der Waals surface area contributed by atoms with Crippen LogP contribution >= 0.6 is 0 Å². The standard InChI is InChI=1S/C26H28N2O3/c1-18-7-8-23-22(15-18)21(9-12-27-23)25(30)28-13-10-26(11-14-28)17-20(29)16-24(31-26)19-5-3-2-4-6-19/h2-9,12,15,20,24,29H,10-11,13-14,16-17H2,1H3/t20-,24-/m1/s1. The van der Waals surface area contributed by atoms with Crippen molar-refractivity contribution in [2.24, 2.45) is 0 Å². The van der Waals surface area contributed by atoms with Crippen LogP contribution in [0.1, 0.15) is 53.3 Å². The van der Waals surface area contributed by atoms with Gasteiger partial charge in [0.15, 0.2) is 0 Å². The van der Waals surface area contributed by atoms with Crippen molar-refractivity contribution in [1.82, 2.24) is 9.88 Å². The Hall–Kier alpha value is -2.76. The van der Waals surface area contributed by atoms with Gasteiger partial charge in [-0.05, 0) is 43.5 Å². The predicted octanol–water partition coefficient (Wildman–Crippen LogP) is 4.43. The van der Waals surface area contributed by atoms with Crippen LogP contribution in [0.4, 0.5) is 0 Å². The van der Waals surface area contributed by atoms with E-state index in [1.54, 1.807) is 6.20 Å². The maximum atomic E-state index is 13.4. The van der Waals surface area contributed by atoms with E-state index in [1.165, 1.54) is 0 Å². The van der Waals surface area contributed by atoms with Gasteiger partial charge in [-0.3, -0.25) is 9.78 Å². The van der Waals surface area contributed by atoms with Crippen LogP contribution in [0.2, 0.25) is 0 Å². The van der Waals surface area contributed by atoms with Crippen molar-refractivity contribution in [2.45, 2.75) is 50.4 Å². The topological polar surface area (TPSA) is 62.7 Å². The molecule has 1 N–H and O–H groups in total. The summed E-state index contributed by atoms with van der Waals surface area (Å²) >= 11 is 0. The van der Waals surface area contributed by atoms with E-state index in [4.69, 9.17) is 4.74 Å². The van der Waals surface area contributed by atoms with Crippen LogP contribution in [-0.2, 0) is 4.74 Å². The highest BCUT2D eigenvalue weighted by molar-refractivity contribution is 6.06. The number of likely N-dealkylation sites (tertiary alicyclic amines) is 1. The highest BCUT2D eigenvalue weighted by atomic mass is 16.5. The van der Waals surface area contributed by atoms with Gasteiger partial charge < -0.3 is 14.7 Å². The van der Waals surface area contributed by atoms with Gasteiger partial charge in [0.1, 0.15) is 0 Å². The molecule has 0 unspecified atom stereocenters. The zero-order valence-corrected chi connectivity index (χ0v) is 17.8. The number of carbonyl (C=O) groups is 1. The lowest BCUT2D eigenvalue weighted by molar-refractivity contribution is -0.181. The molecule has 1 amide bonds. The van der Waals surface area contributed by atoms with Crippen molar-refractivity contribution in [1.29, 1.82) is 0 Å². The smallest absolute Gasteiger partial charge is 0.254 e. The third kappa shape index (κ3) is 3.95. The maximum absolute atomic E-state index is 13.4. The minimum absolute atomic E-state index is 0.0452. The Balaban J connectivity index is 1.33. The summed E-state index contributed by atoms with van der Waals surface area (Å²) in [6, 6.07) is 18.0. The van der Waals surface area contributed by atoms with Crippen molar-refractivity contribution in [2.75, 3.05) is 13.1 Å². The molecule has 2 aliphatic heterocycles. The van der Waals surface area contributed by atoms with Crippen molar-refractivity contribution < 1.29 is 14.6 Å². The average Bonchev–Trinajstić information content (AvgIpc) is 2.79. The minimum Gasteiger partial charge on any atom is -0.393 e. The number of pyridine rings is 1. The first-order valence-electron chi connectivity index (χ1n) is 11.1. The van der Waals surface area contributed by atoms with Gasteiger partial charge in [-0.1, -0.05) is 42.0 Å². The molecule has 3 aromatic rings. The van der Waals surface area contributed by atoms with Crippen LogP contribution in [-0.4, -0.2) is 45.7 Å². The van der Waals surface area contributed by atoms with Crippen molar-refractivity contribution in [3.8, 4) is 0 Å². The molecular weight excluding hydrogens is 388 g/mol. The third-order valence-corrected chi connectivity index (χ3v) is 6.75. The van der Waals surface area contributed by atoms with Crippen molar-refractivity contribution in [3.63, 3.8) is 0 Å². The molecule has 0 bridgehead atoms. The fourth-order valence-corrected chi connectivity index (χ4v) is 5.09. The van der Waals surface area contributed by atoms with Gasteiger partial charge in [0.25, 0.3) is 5.91 Å². The van der Waals surface area contributed by atoms with E-state index in [-0.39, 0.29) is 23.7 Å². The first kappa shape index (κ1) is 20.2. The summed E-state index contributed by atoms with van der Waals surface area (Å²) in [4.78, 5) is 19.7. The number of ether oxygens (including phenoxy) is 1. The Kier molecular flexibility index (Phi) is 5.24. The lowest BCUT2D eigenvalue weighted by Crippen LogP contribution is -2.52. The number of amides is 1. The van der Waals surface area contributed by atoms with Gasteiger partial charge >= 0.3 is 0 Å². The molecule has 31 heavy (non-hydrogen) atoms. The summed E-state index contributed by atoms with van der Waals surface area (Å²) in [6.45, 7) is 3.28. The number of fused-ring (bicyclic) bond motifs is 1. The quantitative estimate of drug-likeness (QED) is 0.671. The Bertz CT molecular complexity index is 1090. The molecule has 1 spiro atoms. The zero-order valence-electron chi connectivity index (χ0n) is 17.8. The van der Waals surface area contributed by atoms with Gasteiger partial charge in [-0.25, -0.2) is 0 Å². The first-order chi connectivity index (χ1) is 15.0. The molecule has 5 nitrogen and oxygen atoms in total. The van der Waals surface area contributed by atoms with Crippen LogP contribution < -0.4 is 0 Å². The van der Waals surface area contributed by atoms with Gasteiger partial charge in [-0.2, -0.15) is 0 Å². The van der Waals surface area contributed by atoms with E-state index >= 15 is 0 Å². The van der Waals surface area contributed by atoms with Gasteiger partial charge in [0.2, 0.25) is 0 Å². The average molecular weight is 417 g/mol. The fourth-order valence-electron chi connectivity index (χ4n) is 5.09. The second-order valence-electron chi connectivity index (χ2n) is 8.97. The molecule has 5 rings (SSSR count). The Morgan fingerprint density at radius 1 is 1.13 bits per heavy atom. The van der Waals surface area contributed by atoms with E-state index in [0.29, 0.717) is 31.5 Å². The summed E-state index contributed by atoms with van der Waals surface area (Å²) in [6.07, 6.45) is 3.96. The summed E-state index contributed by atoms with van der Waals surface area (Å²) in [5, 5.41) is 11.5. The number of benzene rings is 2. The molecule has 1 aromatic heterocycles. The molecule has 2 aromatic carbocycles. The molecule has 5 heteroatoms. The van der Waals surface area contributed by atoms with E-state index < -0.39 is 0 Å². The molecule has 2 fully saturated rings. The molecule has 0 radical (unpaired) electrons. The van der Waals surface area contributed by atoms with E-state index in [2.05, 4.69) is 17.1 Å². The first-order valence-corrected chi connectivity index (χ1v) is 11.1. The van der Waals surface area contributed by atoms with E-state index in [1.807, 2.05) is 54.3 Å². The molecule has 0 saturated carbocycles. The van der Waals surface area contributed by atoms with Crippen LogP contribution in [0.15, 0.2) is 60.8 Å². The Labute approximate surface area is 182 Å². The summed E-state index contributed by atoms with van der Waals surface area (Å²) < 4.78 is 6.58. The number of aliphatic hydroxyl groups is 1. The molecular formula is C26H28N2O3. The van der Waals surface area contributed by atoms with E-state index in [9.17, 15) is 9.90 Å². The summed E-state index contributed by atoms with van der Waals surface area (Å²) in [5.74, 6) is 0.0452. The van der Waals surface area contributed by atoms with Crippen LogP contribution in [0.3, 0.4) is 0 Å². The second-order valence-corrected chi connectivity index (χ2v) is 8.97. The number of nitrogens with zero attached hydrogens (tertiary/aromatic N) is 2. The largest absolute Gasteiger partial charge is 0.393 e. The van der Waals surface area contributed by atoms with Crippen LogP contribution in [0, 0.1) is 6.92 Å². The lowest BCUT2D eigenvalue weighted by Gasteiger charge is -2.48. The number of piperidine rings is 1. The van der Waals surface area contributed by atoms with E-state index in [0.717, 1.165) is 34.9 Å². The van der Waals surface area contributed by atoms with Crippen LogP contribution in [0.5, 0.6) is 0 Å². The number of hydrogen-bond acceptors (Lipinski definition) is 4. The maximum Gasteiger partial charge on any atom is 0.254 e. The molecule has 3 heterocycles. The minimum atomic E-state index is -0.381. The number of carbonyl (C=O) groups excluding carboxylic acids is 1. The molecule has 160 valence electrons. The Morgan fingerprint density at radius 3 is 2.68 bits per heavy atom. The van der Waals surface area contributed by atoms with Crippen molar-refractivity contribution >= 4 is 16.8 Å². The highest BCUT2D eigenvalue weighted by Gasteiger charge is 2.44. The summed E-state index contributed by atoms with van der Waals surface area (Å²) in [5.41, 5.74) is 3.40. The Morgan fingerprint density at radius 2 is 1.90 bits per heavy atom. The number of aromatic nitrogens is 1. The third-order valence-electron chi connectivity index (χ3n) is 6.75. The molecule has 2 aliphatic rings. The van der Waals surface area contributed by atoms with Crippen molar-refractivity contribution in [3.05, 3.63) is 77.5 Å². The fraction of sp³-hybridized carbons (Fsp3) is 0.385. The molecule has 2 atom stereocenters. The molecule has 2 saturated heterocycles. The monoisotopic (exact) mass is 416 g/mol. The van der Waals surface area contributed by atoms with Crippen LogP contribution in [0.25, 0.3) is 10.9 Å². The number of rotatable bonds is 2. The number of aryl methyl sites for hydroxylation is 1. The second kappa shape index (κ2) is 8.06. The van der Waals surface area contributed by atoms with Gasteiger partial charge in [-0.15, -0.1) is 0 Å².